The normalized spacial score (nSPS) is 11.1. The van der Waals surface area contributed by atoms with Gasteiger partial charge in [0, 0.05) is 27.1 Å². The first-order valence-corrected chi connectivity index (χ1v) is 8.49. The summed E-state index contributed by atoms with van der Waals surface area (Å²) in [5.41, 5.74) is 1.71. The number of rotatable bonds is 9. The van der Waals surface area contributed by atoms with Crippen molar-refractivity contribution in [3.05, 3.63) is 23.8 Å². The molecule has 0 unspecified atom stereocenters. The Balaban J connectivity index is 2.54. The molecule has 0 saturated carbocycles. The molecule has 1 rings (SSSR count). The Labute approximate surface area is 145 Å². The number of anilines is 1. The van der Waals surface area contributed by atoms with Crippen molar-refractivity contribution in [2.24, 2.45) is 4.99 Å². The van der Waals surface area contributed by atoms with Gasteiger partial charge in [0.15, 0.2) is 5.96 Å². The number of carbonyl (C=O) groups is 1. The van der Waals surface area contributed by atoms with Crippen molar-refractivity contribution in [3.63, 3.8) is 0 Å². The maximum absolute atomic E-state index is 11.3. The van der Waals surface area contributed by atoms with Crippen molar-refractivity contribution in [1.29, 1.82) is 0 Å². The van der Waals surface area contributed by atoms with Crippen LogP contribution in [0.1, 0.15) is 45.1 Å². The Morgan fingerprint density at radius 3 is 2.62 bits per heavy atom. The van der Waals surface area contributed by atoms with Gasteiger partial charge >= 0.3 is 0 Å². The minimum absolute atomic E-state index is 0.122. The Bertz CT molecular complexity index is 544. The fourth-order valence-electron chi connectivity index (χ4n) is 2.32. The molecule has 0 aliphatic carbocycles. The van der Waals surface area contributed by atoms with Crippen LogP contribution in [0.5, 0.6) is 5.75 Å². The van der Waals surface area contributed by atoms with E-state index in [4.69, 9.17) is 4.74 Å². The van der Waals surface area contributed by atoms with Crippen molar-refractivity contribution < 1.29 is 9.53 Å². The molecule has 6 heteroatoms. The molecule has 24 heavy (non-hydrogen) atoms. The molecule has 0 bridgehead atoms. The zero-order chi connectivity index (χ0) is 17.8. The summed E-state index contributed by atoms with van der Waals surface area (Å²) >= 11 is 0. The van der Waals surface area contributed by atoms with E-state index in [1.54, 1.807) is 14.2 Å². The topological polar surface area (TPSA) is 74.8 Å². The van der Waals surface area contributed by atoms with Crippen LogP contribution in [-0.4, -0.2) is 32.6 Å². The minimum Gasteiger partial charge on any atom is -0.495 e. The number of hydrogen-bond donors (Lipinski definition) is 3. The number of guanidine groups is 1. The van der Waals surface area contributed by atoms with E-state index in [1.807, 2.05) is 18.2 Å². The third kappa shape index (κ3) is 7.35. The van der Waals surface area contributed by atoms with E-state index in [2.05, 4.69) is 27.9 Å². The molecule has 0 aliphatic rings. The molecule has 0 fully saturated rings. The summed E-state index contributed by atoms with van der Waals surface area (Å²) in [5.74, 6) is 1.30. The summed E-state index contributed by atoms with van der Waals surface area (Å²) in [6.07, 6.45) is 4.88. The third-order valence-electron chi connectivity index (χ3n) is 3.58. The van der Waals surface area contributed by atoms with Gasteiger partial charge in [-0.15, -0.1) is 0 Å². The summed E-state index contributed by atoms with van der Waals surface area (Å²) in [6, 6.07) is 5.72. The lowest BCUT2D eigenvalue weighted by atomic mass is 10.2. The highest BCUT2D eigenvalue weighted by Crippen LogP contribution is 2.25. The molecule has 0 aliphatic heterocycles. The molecule has 6 nitrogen and oxygen atoms in total. The number of carbonyl (C=O) groups excluding carboxylic acids is 1. The average Bonchev–Trinajstić information content (AvgIpc) is 2.57. The van der Waals surface area contributed by atoms with E-state index in [0.29, 0.717) is 18.0 Å². The molecular formula is C18H30N4O2. The van der Waals surface area contributed by atoms with Gasteiger partial charge in [0.25, 0.3) is 0 Å². The second kappa shape index (κ2) is 11.3. The van der Waals surface area contributed by atoms with Crippen LogP contribution < -0.4 is 20.7 Å². The van der Waals surface area contributed by atoms with E-state index in [-0.39, 0.29) is 5.91 Å². The molecule has 1 amide bonds. The molecule has 1 aromatic rings. The lowest BCUT2D eigenvalue weighted by molar-refractivity contribution is -0.114. The number of ether oxygens (including phenoxy) is 1. The molecule has 0 heterocycles. The van der Waals surface area contributed by atoms with Crippen molar-refractivity contribution in [1.82, 2.24) is 10.6 Å². The standard InChI is InChI=1S/C18H30N4O2/c1-5-6-7-8-11-20-18(19-3)21-13-15-9-10-17(24-4)16(12-15)22-14(2)23/h9-10,12H,5-8,11,13H2,1-4H3,(H,22,23)(H2,19,20,21). The molecule has 0 aromatic heterocycles. The quantitative estimate of drug-likeness (QED) is 0.369. The first-order chi connectivity index (χ1) is 11.6. The smallest absolute Gasteiger partial charge is 0.221 e. The summed E-state index contributed by atoms with van der Waals surface area (Å²) in [6.45, 7) is 5.22. The zero-order valence-corrected chi connectivity index (χ0v) is 15.2. The number of aliphatic imine (C=N–C) groups is 1. The van der Waals surface area contributed by atoms with Crippen LogP contribution in [-0.2, 0) is 11.3 Å². The summed E-state index contributed by atoms with van der Waals surface area (Å²) < 4.78 is 5.26. The first-order valence-electron chi connectivity index (χ1n) is 8.49. The highest BCUT2D eigenvalue weighted by Gasteiger charge is 2.06. The van der Waals surface area contributed by atoms with Crippen molar-refractivity contribution in [2.45, 2.75) is 46.1 Å². The van der Waals surface area contributed by atoms with Crippen molar-refractivity contribution in [2.75, 3.05) is 26.0 Å². The minimum atomic E-state index is -0.122. The highest BCUT2D eigenvalue weighted by molar-refractivity contribution is 5.90. The number of nitrogens with zero attached hydrogens (tertiary/aromatic N) is 1. The number of unbranched alkanes of at least 4 members (excludes halogenated alkanes) is 3. The third-order valence-corrected chi connectivity index (χ3v) is 3.58. The number of hydrogen-bond acceptors (Lipinski definition) is 3. The molecule has 1 aromatic carbocycles. The Morgan fingerprint density at radius 2 is 2.00 bits per heavy atom. The van der Waals surface area contributed by atoms with Crippen LogP contribution in [0.4, 0.5) is 5.69 Å². The molecule has 3 N–H and O–H groups in total. The Kier molecular flexibility index (Phi) is 9.34. The number of methoxy groups -OCH3 is 1. The summed E-state index contributed by atoms with van der Waals surface area (Å²) in [5, 5.41) is 9.37. The van der Waals surface area contributed by atoms with E-state index in [9.17, 15) is 4.79 Å². The first kappa shape index (κ1) is 19.8. The Morgan fingerprint density at radius 1 is 1.21 bits per heavy atom. The molecule has 0 atom stereocenters. The van der Waals surface area contributed by atoms with E-state index in [1.165, 1.54) is 26.2 Å². The predicted octanol–water partition coefficient (Wildman–Crippen LogP) is 2.90. The van der Waals surface area contributed by atoms with Gasteiger partial charge in [0.2, 0.25) is 5.91 Å². The van der Waals surface area contributed by atoms with Gasteiger partial charge in [-0.1, -0.05) is 32.3 Å². The Hall–Kier alpha value is -2.24. The SMILES string of the molecule is CCCCCCNC(=NC)NCc1ccc(OC)c(NC(C)=O)c1. The predicted molar refractivity (Wildman–Crippen MR) is 99.6 cm³/mol. The fraction of sp³-hybridized carbons (Fsp3) is 0.556. The monoisotopic (exact) mass is 334 g/mol. The second-order valence-electron chi connectivity index (χ2n) is 5.63. The maximum atomic E-state index is 11.3. The van der Waals surface area contributed by atoms with Crippen molar-refractivity contribution in [3.8, 4) is 5.75 Å². The number of nitrogens with one attached hydrogen (secondary N) is 3. The van der Waals surface area contributed by atoms with Gasteiger partial charge in [-0.3, -0.25) is 9.79 Å². The summed E-state index contributed by atoms with van der Waals surface area (Å²) in [7, 11) is 3.35. The van der Waals surface area contributed by atoms with Crippen LogP contribution in [0.15, 0.2) is 23.2 Å². The van der Waals surface area contributed by atoms with Gasteiger partial charge in [-0.2, -0.15) is 0 Å². The van der Waals surface area contributed by atoms with Gasteiger partial charge < -0.3 is 20.7 Å². The molecule has 134 valence electrons. The van der Waals surface area contributed by atoms with E-state index >= 15 is 0 Å². The van der Waals surface area contributed by atoms with Crippen molar-refractivity contribution >= 4 is 17.6 Å². The highest BCUT2D eigenvalue weighted by atomic mass is 16.5. The zero-order valence-electron chi connectivity index (χ0n) is 15.2. The molecular weight excluding hydrogens is 304 g/mol. The van der Waals surface area contributed by atoms with Gasteiger partial charge in [0.1, 0.15) is 5.75 Å². The van der Waals surface area contributed by atoms with Gasteiger partial charge in [-0.25, -0.2) is 0 Å². The van der Waals surface area contributed by atoms with Gasteiger partial charge in [0.05, 0.1) is 12.8 Å². The fourth-order valence-corrected chi connectivity index (χ4v) is 2.32. The van der Waals surface area contributed by atoms with Crippen LogP contribution in [0, 0.1) is 0 Å². The van der Waals surface area contributed by atoms with Crippen LogP contribution in [0.2, 0.25) is 0 Å². The van der Waals surface area contributed by atoms with E-state index < -0.39 is 0 Å². The summed E-state index contributed by atoms with van der Waals surface area (Å²) in [4.78, 5) is 15.5. The average molecular weight is 334 g/mol. The largest absolute Gasteiger partial charge is 0.495 e. The second-order valence-corrected chi connectivity index (χ2v) is 5.63. The molecule has 0 radical (unpaired) electrons. The van der Waals surface area contributed by atoms with Crippen LogP contribution in [0.25, 0.3) is 0 Å². The number of benzene rings is 1. The molecule has 0 saturated heterocycles. The van der Waals surface area contributed by atoms with Gasteiger partial charge in [-0.05, 0) is 24.1 Å². The van der Waals surface area contributed by atoms with Crippen LogP contribution in [0.3, 0.4) is 0 Å². The van der Waals surface area contributed by atoms with E-state index in [0.717, 1.165) is 24.5 Å². The van der Waals surface area contributed by atoms with Crippen LogP contribution >= 0.6 is 0 Å². The maximum Gasteiger partial charge on any atom is 0.221 e. The lowest BCUT2D eigenvalue weighted by Crippen LogP contribution is -2.37. The number of amides is 1. The molecule has 0 spiro atoms. The lowest BCUT2D eigenvalue weighted by Gasteiger charge is -2.14.